The molecule has 0 bridgehead atoms. The SMILES string of the molecule is CC(C)c1ccc(-c2cccc(Cl)c2)c(F)c1. The molecule has 0 atom stereocenters. The summed E-state index contributed by atoms with van der Waals surface area (Å²) in [6, 6.07) is 12.6. The molecule has 0 aliphatic heterocycles. The zero-order valence-electron chi connectivity index (χ0n) is 9.87. The Kier molecular flexibility index (Phi) is 3.49. The second kappa shape index (κ2) is 4.89. The van der Waals surface area contributed by atoms with Crippen LogP contribution in [0.15, 0.2) is 42.5 Å². The minimum Gasteiger partial charge on any atom is -0.206 e. The first-order valence-electron chi connectivity index (χ1n) is 5.63. The van der Waals surface area contributed by atoms with Gasteiger partial charge in [-0.25, -0.2) is 4.39 Å². The zero-order valence-corrected chi connectivity index (χ0v) is 10.6. The highest BCUT2D eigenvalue weighted by atomic mass is 35.5. The van der Waals surface area contributed by atoms with Crippen molar-refractivity contribution in [3.05, 3.63) is 58.9 Å². The molecular formula is C15H14ClF. The van der Waals surface area contributed by atoms with Crippen LogP contribution in [0.1, 0.15) is 25.3 Å². The van der Waals surface area contributed by atoms with Crippen LogP contribution in [0.25, 0.3) is 11.1 Å². The molecule has 0 saturated heterocycles. The van der Waals surface area contributed by atoms with Crippen LogP contribution in [-0.2, 0) is 0 Å². The summed E-state index contributed by atoms with van der Waals surface area (Å²) >= 11 is 5.91. The number of benzene rings is 2. The van der Waals surface area contributed by atoms with E-state index >= 15 is 0 Å². The second-order valence-corrected chi connectivity index (χ2v) is 4.84. The highest BCUT2D eigenvalue weighted by Gasteiger charge is 2.08. The lowest BCUT2D eigenvalue weighted by Crippen LogP contribution is -1.91. The summed E-state index contributed by atoms with van der Waals surface area (Å²) < 4.78 is 14.0. The molecule has 0 aliphatic carbocycles. The fourth-order valence-electron chi connectivity index (χ4n) is 1.78. The third-order valence-corrected chi connectivity index (χ3v) is 3.03. The minimum absolute atomic E-state index is 0.196. The molecule has 2 aromatic carbocycles. The Balaban J connectivity index is 2.47. The van der Waals surface area contributed by atoms with Crippen molar-refractivity contribution in [1.82, 2.24) is 0 Å². The summed E-state index contributed by atoms with van der Waals surface area (Å²) in [7, 11) is 0. The van der Waals surface area contributed by atoms with Crippen molar-refractivity contribution < 1.29 is 4.39 Å². The van der Waals surface area contributed by atoms with E-state index in [1.165, 1.54) is 0 Å². The molecule has 0 saturated carbocycles. The second-order valence-electron chi connectivity index (χ2n) is 4.40. The Morgan fingerprint density at radius 3 is 2.41 bits per heavy atom. The number of hydrogen-bond acceptors (Lipinski definition) is 0. The average molecular weight is 249 g/mol. The van der Waals surface area contributed by atoms with Crippen molar-refractivity contribution in [1.29, 1.82) is 0 Å². The van der Waals surface area contributed by atoms with Crippen LogP contribution in [0.4, 0.5) is 4.39 Å². The Hall–Kier alpha value is -1.34. The third kappa shape index (κ3) is 2.67. The number of rotatable bonds is 2. The van der Waals surface area contributed by atoms with Crippen LogP contribution < -0.4 is 0 Å². The molecule has 0 heterocycles. The van der Waals surface area contributed by atoms with Gasteiger partial charge in [-0.1, -0.05) is 49.7 Å². The summed E-state index contributed by atoms with van der Waals surface area (Å²) in [5, 5.41) is 0.620. The molecule has 0 unspecified atom stereocenters. The summed E-state index contributed by atoms with van der Waals surface area (Å²) in [6.07, 6.45) is 0. The Morgan fingerprint density at radius 2 is 1.82 bits per heavy atom. The predicted molar refractivity (Wildman–Crippen MR) is 70.9 cm³/mol. The fourth-order valence-corrected chi connectivity index (χ4v) is 1.97. The van der Waals surface area contributed by atoms with Crippen molar-refractivity contribution in [3.8, 4) is 11.1 Å². The third-order valence-electron chi connectivity index (χ3n) is 2.80. The lowest BCUT2D eigenvalue weighted by Gasteiger charge is -2.09. The quantitative estimate of drug-likeness (QED) is 0.679. The lowest BCUT2D eigenvalue weighted by atomic mass is 9.98. The van der Waals surface area contributed by atoms with E-state index in [9.17, 15) is 4.39 Å². The molecule has 2 aromatic rings. The van der Waals surface area contributed by atoms with Crippen LogP contribution in [0.5, 0.6) is 0 Å². The molecule has 2 rings (SSSR count). The van der Waals surface area contributed by atoms with Crippen LogP contribution >= 0.6 is 11.6 Å². The smallest absolute Gasteiger partial charge is 0.131 e. The highest BCUT2D eigenvalue weighted by molar-refractivity contribution is 6.30. The zero-order chi connectivity index (χ0) is 12.4. The van der Waals surface area contributed by atoms with Gasteiger partial charge >= 0.3 is 0 Å². The molecule has 88 valence electrons. The Bertz CT molecular complexity index is 532. The van der Waals surface area contributed by atoms with Crippen molar-refractivity contribution >= 4 is 11.6 Å². The number of halogens is 2. The van der Waals surface area contributed by atoms with Crippen LogP contribution in [0.2, 0.25) is 5.02 Å². The maximum Gasteiger partial charge on any atom is 0.131 e. The van der Waals surface area contributed by atoms with Gasteiger partial charge in [0.05, 0.1) is 0 Å². The number of hydrogen-bond donors (Lipinski definition) is 0. The van der Waals surface area contributed by atoms with E-state index in [-0.39, 0.29) is 5.82 Å². The predicted octanol–water partition coefficient (Wildman–Crippen LogP) is 5.27. The monoisotopic (exact) mass is 248 g/mol. The first kappa shape index (κ1) is 12.1. The molecule has 17 heavy (non-hydrogen) atoms. The van der Waals surface area contributed by atoms with E-state index in [1.54, 1.807) is 18.2 Å². The minimum atomic E-state index is -0.196. The van der Waals surface area contributed by atoms with E-state index in [4.69, 9.17) is 11.6 Å². The average Bonchev–Trinajstić information content (AvgIpc) is 2.28. The lowest BCUT2D eigenvalue weighted by molar-refractivity contribution is 0.627. The van der Waals surface area contributed by atoms with Gasteiger partial charge in [0.25, 0.3) is 0 Å². The van der Waals surface area contributed by atoms with E-state index in [1.807, 2.05) is 38.1 Å². The molecule has 0 spiro atoms. The molecule has 2 heteroatoms. The van der Waals surface area contributed by atoms with Gasteiger partial charge in [0, 0.05) is 10.6 Å². The maximum atomic E-state index is 14.0. The van der Waals surface area contributed by atoms with E-state index in [2.05, 4.69) is 0 Å². The van der Waals surface area contributed by atoms with Crippen molar-refractivity contribution in [3.63, 3.8) is 0 Å². The van der Waals surface area contributed by atoms with Crippen molar-refractivity contribution in [2.75, 3.05) is 0 Å². The van der Waals surface area contributed by atoms with Gasteiger partial charge in [-0.05, 0) is 35.2 Å². The Labute approximate surface area is 106 Å². The van der Waals surface area contributed by atoms with E-state index in [0.717, 1.165) is 11.1 Å². The van der Waals surface area contributed by atoms with Crippen LogP contribution in [0, 0.1) is 5.82 Å². The van der Waals surface area contributed by atoms with Crippen LogP contribution in [-0.4, -0.2) is 0 Å². The summed E-state index contributed by atoms with van der Waals surface area (Å²) in [5.41, 5.74) is 2.41. The molecule has 0 N–H and O–H groups in total. The highest BCUT2D eigenvalue weighted by Crippen LogP contribution is 2.27. The van der Waals surface area contributed by atoms with Crippen molar-refractivity contribution in [2.24, 2.45) is 0 Å². The summed E-state index contributed by atoms with van der Waals surface area (Å²) in [6.45, 7) is 4.10. The standard InChI is InChI=1S/C15H14ClF/c1-10(2)11-6-7-14(15(17)9-11)12-4-3-5-13(16)8-12/h3-10H,1-2H3. The molecule has 0 fully saturated rings. The normalized spacial score (nSPS) is 10.9. The first-order chi connectivity index (χ1) is 8.08. The van der Waals surface area contributed by atoms with Crippen LogP contribution in [0.3, 0.4) is 0 Å². The molecule has 0 nitrogen and oxygen atoms in total. The molecule has 0 radical (unpaired) electrons. The van der Waals surface area contributed by atoms with Gasteiger partial charge in [0.2, 0.25) is 0 Å². The topological polar surface area (TPSA) is 0 Å². The summed E-state index contributed by atoms with van der Waals surface area (Å²) in [4.78, 5) is 0. The largest absolute Gasteiger partial charge is 0.206 e. The molecule has 0 aromatic heterocycles. The molecule has 0 amide bonds. The maximum absolute atomic E-state index is 14.0. The summed E-state index contributed by atoms with van der Waals surface area (Å²) in [5.74, 6) is 0.136. The van der Waals surface area contributed by atoms with Gasteiger partial charge in [0.15, 0.2) is 0 Å². The van der Waals surface area contributed by atoms with E-state index < -0.39 is 0 Å². The Morgan fingerprint density at radius 1 is 1.06 bits per heavy atom. The van der Waals surface area contributed by atoms with Gasteiger partial charge < -0.3 is 0 Å². The first-order valence-corrected chi connectivity index (χ1v) is 6.01. The molecule has 0 aliphatic rings. The van der Waals surface area contributed by atoms with Crippen molar-refractivity contribution in [2.45, 2.75) is 19.8 Å². The van der Waals surface area contributed by atoms with Gasteiger partial charge in [-0.3, -0.25) is 0 Å². The van der Waals surface area contributed by atoms with Gasteiger partial charge in [-0.15, -0.1) is 0 Å². The van der Waals surface area contributed by atoms with Gasteiger partial charge in [-0.2, -0.15) is 0 Å². The van der Waals surface area contributed by atoms with Gasteiger partial charge in [0.1, 0.15) is 5.82 Å². The molecular weight excluding hydrogens is 235 g/mol. The fraction of sp³-hybridized carbons (Fsp3) is 0.200. The van der Waals surface area contributed by atoms with E-state index in [0.29, 0.717) is 16.5 Å².